The van der Waals surface area contributed by atoms with Gasteiger partial charge in [0.15, 0.2) is 15.7 Å². The minimum atomic E-state index is -3.27. The van der Waals surface area contributed by atoms with E-state index in [0.29, 0.717) is 55.3 Å². The van der Waals surface area contributed by atoms with Gasteiger partial charge in [-0.1, -0.05) is 24.2 Å². The molecule has 1 amide bonds. The molecule has 2 N–H and O–H groups in total. The van der Waals surface area contributed by atoms with E-state index in [0.717, 1.165) is 6.26 Å². The molecule has 0 spiro atoms. The largest absolute Gasteiger partial charge is 0.465 e. The number of amides is 1. The van der Waals surface area contributed by atoms with Crippen LogP contribution in [0.2, 0.25) is 0 Å². The molecule has 0 saturated carbocycles. The molecule has 1 fully saturated rings. The van der Waals surface area contributed by atoms with Crippen molar-refractivity contribution in [2.45, 2.75) is 42.9 Å². The Balaban J connectivity index is 1.61. The van der Waals surface area contributed by atoms with Crippen molar-refractivity contribution >= 4 is 21.6 Å². The van der Waals surface area contributed by atoms with Crippen molar-refractivity contribution in [2.75, 3.05) is 19.3 Å². The van der Waals surface area contributed by atoms with Gasteiger partial charge in [0.2, 0.25) is 5.89 Å². The highest BCUT2D eigenvalue weighted by Gasteiger charge is 2.27. The Morgan fingerprint density at radius 1 is 1.31 bits per heavy atom. The molecule has 1 aliphatic heterocycles. The van der Waals surface area contributed by atoms with Crippen molar-refractivity contribution in [3.05, 3.63) is 41.5 Å². The Kier molecular flexibility index (Phi) is 6.02. The molecule has 10 heteroatoms. The molecule has 2 heterocycles. The van der Waals surface area contributed by atoms with Crippen LogP contribution in [0, 0.1) is 5.41 Å². The zero-order valence-corrected chi connectivity index (χ0v) is 17.1. The van der Waals surface area contributed by atoms with E-state index in [9.17, 15) is 13.2 Å². The van der Waals surface area contributed by atoms with Crippen molar-refractivity contribution < 1.29 is 22.8 Å². The molecule has 9 nitrogen and oxygen atoms in total. The fourth-order valence-electron chi connectivity index (χ4n) is 3.36. The molecular formula is C19H24N4O5S. The summed E-state index contributed by atoms with van der Waals surface area (Å²) in [6.07, 6.45) is 1.92. The van der Waals surface area contributed by atoms with Gasteiger partial charge in [-0.15, -0.1) is 0 Å². The highest BCUT2D eigenvalue weighted by Crippen LogP contribution is 2.28. The van der Waals surface area contributed by atoms with Crippen LogP contribution >= 0.6 is 0 Å². The Morgan fingerprint density at radius 2 is 1.93 bits per heavy atom. The predicted octanol–water partition coefficient (Wildman–Crippen LogP) is 2.89. The maximum Gasteiger partial charge on any atom is 0.407 e. The number of carbonyl (C=O) groups is 1. The maximum atomic E-state index is 11.5. The van der Waals surface area contributed by atoms with Crippen LogP contribution in [0.15, 0.2) is 33.7 Å². The minimum Gasteiger partial charge on any atom is -0.465 e. The number of benzene rings is 1. The van der Waals surface area contributed by atoms with Gasteiger partial charge >= 0.3 is 6.09 Å². The van der Waals surface area contributed by atoms with E-state index >= 15 is 0 Å². The van der Waals surface area contributed by atoms with Crippen LogP contribution in [0.4, 0.5) is 4.79 Å². The van der Waals surface area contributed by atoms with Crippen LogP contribution < -0.4 is 0 Å². The zero-order chi connectivity index (χ0) is 21.2. The van der Waals surface area contributed by atoms with Gasteiger partial charge in [-0.2, -0.15) is 4.98 Å². The van der Waals surface area contributed by atoms with E-state index in [1.165, 1.54) is 17.0 Å². The number of nitrogens with zero attached hydrogens (tertiary/aromatic N) is 3. The fourth-order valence-corrected chi connectivity index (χ4v) is 3.99. The van der Waals surface area contributed by atoms with Gasteiger partial charge in [0.1, 0.15) is 0 Å². The average Bonchev–Trinajstić information content (AvgIpc) is 3.18. The number of likely N-dealkylation sites (tertiary alicyclic amines) is 1. The standard InChI is InChI=1S/C19H24N4O5S/c1-12(11-16(20)13-3-5-15(6-4-13)29(2,26)27)18-21-17(22-28-18)14-7-9-23(10-8-14)19(24)25/h3-6,12,14,20H,7-11H2,1-2H3,(H,24,25)/t12-/m0/s1. The van der Waals surface area contributed by atoms with Gasteiger partial charge in [-0.25, -0.2) is 13.2 Å². The highest BCUT2D eigenvalue weighted by atomic mass is 32.2. The first kappa shape index (κ1) is 21.0. The van der Waals surface area contributed by atoms with E-state index in [-0.39, 0.29) is 16.7 Å². The zero-order valence-electron chi connectivity index (χ0n) is 16.3. The third kappa shape index (κ3) is 5.00. The number of aromatic nitrogens is 2. The van der Waals surface area contributed by atoms with Crippen LogP contribution in [0.3, 0.4) is 0 Å². The number of nitrogens with one attached hydrogen (secondary N) is 1. The van der Waals surface area contributed by atoms with Crippen LogP contribution in [-0.4, -0.2) is 59.7 Å². The van der Waals surface area contributed by atoms with Crippen molar-refractivity contribution in [1.29, 1.82) is 5.41 Å². The van der Waals surface area contributed by atoms with Gasteiger partial charge < -0.3 is 19.9 Å². The molecule has 0 unspecified atom stereocenters. The van der Waals surface area contributed by atoms with E-state index in [1.807, 2.05) is 6.92 Å². The summed E-state index contributed by atoms with van der Waals surface area (Å²) >= 11 is 0. The van der Waals surface area contributed by atoms with Gasteiger partial charge in [0.05, 0.1) is 4.90 Å². The molecule has 3 rings (SSSR count). The summed E-state index contributed by atoms with van der Waals surface area (Å²) in [5.41, 5.74) is 0.997. The van der Waals surface area contributed by atoms with Crippen molar-refractivity contribution in [3.8, 4) is 0 Å². The van der Waals surface area contributed by atoms with E-state index in [2.05, 4.69) is 10.1 Å². The lowest BCUT2D eigenvalue weighted by Crippen LogP contribution is -2.37. The summed E-state index contributed by atoms with van der Waals surface area (Å²) in [5.74, 6) is 0.926. The quantitative estimate of drug-likeness (QED) is 0.685. The molecule has 0 aliphatic carbocycles. The first-order chi connectivity index (χ1) is 13.6. The Hall–Kier alpha value is -2.75. The molecule has 29 heavy (non-hydrogen) atoms. The molecular weight excluding hydrogens is 396 g/mol. The summed E-state index contributed by atoms with van der Waals surface area (Å²) in [6.45, 7) is 2.80. The van der Waals surface area contributed by atoms with Crippen LogP contribution in [-0.2, 0) is 9.84 Å². The topological polar surface area (TPSA) is 137 Å². The molecule has 1 aromatic carbocycles. The molecule has 156 valence electrons. The molecule has 1 aliphatic rings. The maximum absolute atomic E-state index is 11.5. The summed E-state index contributed by atoms with van der Waals surface area (Å²) < 4.78 is 28.5. The van der Waals surface area contributed by atoms with E-state index < -0.39 is 15.9 Å². The molecule has 1 aromatic heterocycles. The summed E-state index contributed by atoms with van der Waals surface area (Å²) in [6, 6.07) is 6.25. The SMILES string of the molecule is C[C@@H](CC(=N)c1ccc(S(C)(=O)=O)cc1)c1nc(C2CCN(C(=O)O)CC2)no1. The number of piperidine rings is 1. The van der Waals surface area contributed by atoms with Gasteiger partial charge in [-0.05, 0) is 30.5 Å². The van der Waals surface area contributed by atoms with Crippen molar-refractivity contribution in [1.82, 2.24) is 15.0 Å². The lowest BCUT2D eigenvalue weighted by Gasteiger charge is -2.28. The number of carboxylic acid groups (broad SMARTS) is 1. The highest BCUT2D eigenvalue weighted by molar-refractivity contribution is 7.90. The Labute approximate surface area is 169 Å². The van der Waals surface area contributed by atoms with E-state index in [1.54, 1.807) is 12.1 Å². The van der Waals surface area contributed by atoms with Crippen LogP contribution in [0.1, 0.15) is 55.3 Å². The molecule has 0 bridgehead atoms. The second-order valence-corrected chi connectivity index (χ2v) is 9.43. The number of hydrogen-bond donors (Lipinski definition) is 2. The first-order valence-corrected chi connectivity index (χ1v) is 11.2. The average molecular weight is 420 g/mol. The first-order valence-electron chi connectivity index (χ1n) is 9.34. The van der Waals surface area contributed by atoms with E-state index in [4.69, 9.17) is 15.0 Å². The second-order valence-electron chi connectivity index (χ2n) is 7.41. The number of hydrogen-bond acceptors (Lipinski definition) is 7. The number of sulfone groups is 1. The molecule has 1 saturated heterocycles. The molecule has 0 radical (unpaired) electrons. The molecule has 1 atom stereocenters. The van der Waals surface area contributed by atoms with Gasteiger partial charge in [-0.3, -0.25) is 0 Å². The summed E-state index contributed by atoms with van der Waals surface area (Å²) in [4.78, 5) is 17.1. The third-order valence-corrected chi connectivity index (χ3v) is 6.28. The lowest BCUT2D eigenvalue weighted by molar-refractivity contribution is 0.131. The smallest absolute Gasteiger partial charge is 0.407 e. The predicted molar refractivity (Wildman–Crippen MR) is 105 cm³/mol. The van der Waals surface area contributed by atoms with Gasteiger partial charge in [0, 0.05) is 43.3 Å². The monoisotopic (exact) mass is 420 g/mol. The normalized spacial score (nSPS) is 16.6. The van der Waals surface area contributed by atoms with Gasteiger partial charge in [0.25, 0.3) is 0 Å². The lowest BCUT2D eigenvalue weighted by atomic mass is 9.96. The molecule has 2 aromatic rings. The Morgan fingerprint density at radius 3 is 2.48 bits per heavy atom. The Bertz CT molecular complexity index is 992. The van der Waals surface area contributed by atoms with Crippen LogP contribution in [0.5, 0.6) is 0 Å². The third-order valence-electron chi connectivity index (χ3n) is 5.15. The second kappa shape index (κ2) is 8.32. The summed E-state index contributed by atoms with van der Waals surface area (Å²) in [5, 5.41) is 21.4. The fraction of sp³-hybridized carbons (Fsp3) is 0.474. The summed E-state index contributed by atoms with van der Waals surface area (Å²) in [7, 11) is -3.27. The van der Waals surface area contributed by atoms with Crippen molar-refractivity contribution in [2.24, 2.45) is 0 Å². The van der Waals surface area contributed by atoms with Crippen molar-refractivity contribution in [3.63, 3.8) is 0 Å². The van der Waals surface area contributed by atoms with Crippen LogP contribution in [0.25, 0.3) is 0 Å². The minimum absolute atomic E-state index is 0.0679. The number of rotatable bonds is 6.